The molecule has 24 heavy (non-hydrogen) atoms. The number of benzene rings is 1. The van der Waals surface area contributed by atoms with Crippen molar-refractivity contribution < 1.29 is 18.3 Å². The van der Waals surface area contributed by atoms with Gasteiger partial charge in [0.2, 0.25) is 0 Å². The summed E-state index contributed by atoms with van der Waals surface area (Å²) in [7, 11) is -3.90. The lowest BCUT2D eigenvalue weighted by Gasteiger charge is -2.20. The van der Waals surface area contributed by atoms with Gasteiger partial charge in [-0.15, -0.1) is 0 Å². The average Bonchev–Trinajstić information content (AvgIpc) is 2.95. The second-order valence-electron chi connectivity index (χ2n) is 5.75. The predicted octanol–water partition coefficient (Wildman–Crippen LogP) is 2.93. The molecule has 9 heteroatoms. The third kappa shape index (κ3) is 3.11. The Balaban J connectivity index is 1.92. The highest BCUT2D eigenvalue weighted by Crippen LogP contribution is 2.27. The van der Waals surface area contributed by atoms with E-state index in [1.807, 2.05) is 11.5 Å². The smallest absolute Gasteiger partial charge is 0.337 e. The number of imidazole rings is 1. The number of aromatic nitrogens is 2. The highest BCUT2D eigenvalue weighted by molar-refractivity contribution is 7.92. The van der Waals surface area contributed by atoms with E-state index >= 15 is 0 Å². The number of nitrogens with one attached hydrogen (secondary N) is 1. The number of rotatable bonds is 4. The largest absolute Gasteiger partial charge is 0.478 e. The van der Waals surface area contributed by atoms with Crippen molar-refractivity contribution in [2.75, 3.05) is 4.72 Å². The van der Waals surface area contributed by atoms with Crippen LogP contribution in [0, 0.1) is 0 Å². The molecule has 7 nitrogen and oxygen atoms in total. The second kappa shape index (κ2) is 6.10. The van der Waals surface area contributed by atoms with Crippen LogP contribution in [0.15, 0.2) is 29.4 Å². The minimum atomic E-state index is -3.90. The number of hydrogen-bond acceptors (Lipinski definition) is 4. The Kier molecular flexibility index (Phi) is 4.27. The van der Waals surface area contributed by atoms with E-state index in [0.717, 1.165) is 25.1 Å². The number of nitrogens with zero attached hydrogens (tertiary/aromatic N) is 2. The summed E-state index contributed by atoms with van der Waals surface area (Å²) >= 11 is 5.79. The molecule has 2 N–H and O–H groups in total. The van der Waals surface area contributed by atoms with Gasteiger partial charge in [0.05, 0.1) is 10.6 Å². The van der Waals surface area contributed by atoms with Crippen LogP contribution in [0.25, 0.3) is 0 Å². The molecule has 0 aliphatic carbocycles. The SMILES string of the molecule is CC1CCCc2nc(S(=O)(=O)Nc3ccc(Cl)c(C(=O)O)c3)cn21. The van der Waals surface area contributed by atoms with Gasteiger partial charge in [0, 0.05) is 24.3 Å². The zero-order chi connectivity index (χ0) is 17.5. The van der Waals surface area contributed by atoms with E-state index in [-0.39, 0.29) is 27.3 Å². The second-order valence-corrected chi connectivity index (χ2v) is 7.79. The lowest BCUT2D eigenvalue weighted by atomic mass is 10.1. The fourth-order valence-electron chi connectivity index (χ4n) is 2.76. The maximum Gasteiger partial charge on any atom is 0.337 e. The Bertz CT molecular complexity index is 907. The van der Waals surface area contributed by atoms with E-state index in [4.69, 9.17) is 16.7 Å². The molecular weight excluding hydrogens is 354 g/mol. The number of aryl methyl sites for hydroxylation is 1. The van der Waals surface area contributed by atoms with Gasteiger partial charge in [-0.2, -0.15) is 8.42 Å². The maximum absolute atomic E-state index is 12.5. The van der Waals surface area contributed by atoms with E-state index in [9.17, 15) is 13.2 Å². The van der Waals surface area contributed by atoms with Crippen LogP contribution in [-0.2, 0) is 16.4 Å². The molecule has 1 aliphatic heterocycles. The summed E-state index contributed by atoms with van der Waals surface area (Å²) in [5.41, 5.74) is -0.0505. The van der Waals surface area contributed by atoms with Gasteiger partial charge in [0.25, 0.3) is 10.0 Å². The van der Waals surface area contributed by atoms with Crippen LogP contribution in [0.5, 0.6) is 0 Å². The van der Waals surface area contributed by atoms with Crippen molar-refractivity contribution >= 4 is 33.3 Å². The molecule has 0 saturated carbocycles. The minimum absolute atomic E-state index is 0.0386. The maximum atomic E-state index is 12.5. The number of carboxylic acids is 1. The van der Waals surface area contributed by atoms with Crippen LogP contribution in [0.4, 0.5) is 5.69 Å². The molecule has 0 fully saturated rings. The van der Waals surface area contributed by atoms with Crippen LogP contribution in [0.2, 0.25) is 5.02 Å². The number of halogens is 1. The van der Waals surface area contributed by atoms with Crippen LogP contribution in [-0.4, -0.2) is 29.0 Å². The molecule has 0 amide bonds. The average molecular weight is 370 g/mol. The fourth-order valence-corrected chi connectivity index (χ4v) is 3.98. The van der Waals surface area contributed by atoms with E-state index in [1.54, 1.807) is 0 Å². The summed E-state index contributed by atoms with van der Waals surface area (Å²) in [4.78, 5) is 15.3. The summed E-state index contributed by atoms with van der Waals surface area (Å²) in [6.07, 6.45) is 4.22. The number of aromatic carboxylic acids is 1. The number of hydrogen-bond donors (Lipinski definition) is 2. The molecule has 3 rings (SSSR count). The third-order valence-electron chi connectivity index (χ3n) is 4.01. The molecule has 1 unspecified atom stereocenters. The van der Waals surface area contributed by atoms with Crippen molar-refractivity contribution in [3.8, 4) is 0 Å². The normalized spacial score (nSPS) is 17.3. The van der Waals surface area contributed by atoms with Gasteiger partial charge in [0.1, 0.15) is 5.82 Å². The summed E-state index contributed by atoms with van der Waals surface area (Å²) in [5.74, 6) is -0.483. The Labute approximate surface area is 144 Å². The molecule has 1 aromatic carbocycles. The van der Waals surface area contributed by atoms with Crippen molar-refractivity contribution in [2.45, 2.75) is 37.3 Å². The van der Waals surface area contributed by atoms with Gasteiger partial charge >= 0.3 is 5.97 Å². The number of sulfonamides is 1. The fraction of sp³-hybridized carbons (Fsp3) is 0.333. The van der Waals surface area contributed by atoms with Gasteiger partial charge in [0.15, 0.2) is 5.03 Å². The Morgan fingerprint density at radius 3 is 2.88 bits per heavy atom. The van der Waals surface area contributed by atoms with Gasteiger partial charge in [-0.05, 0) is 38.0 Å². The molecule has 1 atom stereocenters. The van der Waals surface area contributed by atoms with E-state index in [2.05, 4.69) is 9.71 Å². The molecule has 2 heterocycles. The van der Waals surface area contributed by atoms with Crippen LogP contribution >= 0.6 is 11.6 Å². The van der Waals surface area contributed by atoms with E-state index in [0.29, 0.717) is 0 Å². The molecule has 128 valence electrons. The van der Waals surface area contributed by atoms with E-state index < -0.39 is 16.0 Å². The molecule has 0 spiro atoms. The summed E-state index contributed by atoms with van der Waals surface area (Å²) < 4.78 is 29.3. The standard InChI is InChI=1S/C15H16ClN3O4S/c1-9-3-2-4-13-17-14(8-19(9)13)24(22,23)18-10-5-6-12(16)11(7-10)15(20)21/h5-9,18H,2-4H2,1H3,(H,20,21). The summed E-state index contributed by atoms with van der Waals surface area (Å²) in [5, 5.41) is 9.04. The number of anilines is 1. The summed E-state index contributed by atoms with van der Waals surface area (Å²) in [6.45, 7) is 2.02. The van der Waals surface area contributed by atoms with Crippen molar-refractivity contribution in [3.63, 3.8) is 0 Å². The molecule has 0 bridgehead atoms. The van der Waals surface area contributed by atoms with Crippen LogP contribution in [0.1, 0.15) is 42.0 Å². The molecule has 0 radical (unpaired) electrons. The summed E-state index contributed by atoms with van der Waals surface area (Å²) in [6, 6.07) is 4.13. The van der Waals surface area contributed by atoms with E-state index in [1.165, 1.54) is 24.4 Å². The highest BCUT2D eigenvalue weighted by Gasteiger charge is 2.25. The lowest BCUT2D eigenvalue weighted by Crippen LogP contribution is -2.14. The zero-order valence-corrected chi connectivity index (χ0v) is 14.4. The molecular formula is C15H16ClN3O4S. The molecule has 1 aromatic heterocycles. The number of fused-ring (bicyclic) bond motifs is 1. The zero-order valence-electron chi connectivity index (χ0n) is 12.9. The van der Waals surface area contributed by atoms with Gasteiger partial charge in [-0.1, -0.05) is 11.6 Å². The lowest BCUT2D eigenvalue weighted by molar-refractivity contribution is 0.0697. The first-order chi connectivity index (χ1) is 11.3. The Morgan fingerprint density at radius 2 is 2.21 bits per heavy atom. The van der Waals surface area contributed by atoms with Crippen LogP contribution in [0.3, 0.4) is 0 Å². The topological polar surface area (TPSA) is 101 Å². The first-order valence-electron chi connectivity index (χ1n) is 7.41. The van der Waals surface area contributed by atoms with Gasteiger partial charge < -0.3 is 9.67 Å². The molecule has 0 saturated heterocycles. The Hall–Kier alpha value is -2.06. The first-order valence-corrected chi connectivity index (χ1v) is 9.27. The van der Waals surface area contributed by atoms with Crippen molar-refractivity contribution in [1.29, 1.82) is 0 Å². The van der Waals surface area contributed by atoms with Gasteiger partial charge in [-0.3, -0.25) is 4.72 Å². The first kappa shape index (κ1) is 16.8. The van der Waals surface area contributed by atoms with Crippen molar-refractivity contribution in [2.24, 2.45) is 0 Å². The monoisotopic (exact) mass is 369 g/mol. The molecule has 1 aliphatic rings. The highest BCUT2D eigenvalue weighted by atomic mass is 35.5. The third-order valence-corrected chi connectivity index (χ3v) is 5.59. The predicted molar refractivity (Wildman–Crippen MR) is 89.1 cm³/mol. The van der Waals surface area contributed by atoms with Crippen LogP contribution < -0.4 is 4.72 Å². The number of carbonyl (C=O) groups is 1. The van der Waals surface area contributed by atoms with Gasteiger partial charge in [-0.25, -0.2) is 9.78 Å². The minimum Gasteiger partial charge on any atom is -0.478 e. The molecule has 2 aromatic rings. The van der Waals surface area contributed by atoms with Crippen molar-refractivity contribution in [3.05, 3.63) is 40.8 Å². The number of carboxylic acid groups (broad SMARTS) is 1. The quantitative estimate of drug-likeness (QED) is 0.862. The van der Waals surface area contributed by atoms with Crippen molar-refractivity contribution in [1.82, 2.24) is 9.55 Å². The Morgan fingerprint density at radius 1 is 1.46 bits per heavy atom.